The molecule has 0 aliphatic rings. The zero-order valence-corrected chi connectivity index (χ0v) is 11.0. The number of hydrogen-bond donors (Lipinski definition) is 3. The summed E-state index contributed by atoms with van der Waals surface area (Å²) in [6.07, 6.45) is 0. The van der Waals surface area contributed by atoms with Crippen LogP contribution in [0.5, 0.6) is 0 Å². The first-order valence-electron chi connectivity index (χ1n) is 5.70. The number of nitrogens with zero attached hydrogens (tertiary/aromatic N) is 1. The van der Waals surface area contributed by atoms with Crippen molar-refractivity contribution in [2.24, 2.45) is 11.7 Å². The van der Waals surface area contributed by atoms with E-state index in [1.165, 1.54) is 11.9 Å². The van der Waals surface area contributed by atoms with E-state index in [2.05, 4.69) is 5.32 Å². The maximum Gasteiger partial charge on any atom is 0.242 e. The fourth-order valence-electron chi connectivity index (χ4n) is 1.02. The summed E-state index contributed by atoms with van der Waals surface area (Å²) in [4.78, 5) is 35.4. The molecule has 104 valence electrons. The van der Waals surface area contributed by atoms with Crippen molar-refractivity contribution < 1.29 is 19.5 Å². The van der Waals surface area contributed by atoms with E-state index in [9.17, 15) is 14.4 Å². The molecule has 0 saturated carbocycles. The molecular weight excluding hydrogens is 238 g/mol. The van der Waals surface area contributed by atoms with E-state index in [0.29, 0.717) is 0 Å². The maximum absolute atomic E-state index is 11.6. The fourth-order valence-corrected chi connectivity index (χ4v) is 1.02. The van der Waals surface area contributed by atoms with Gasteiger partial charge in [-0.05, 0) is 0 Å². The Morgan fingerprint density at radius 1 is 1.33 bits per heavy atom. The molecule has 0 saturated heterocycles. The smallest absolute Gasteiger partial charge is 0.242 e. The Bertz CT molecular complexity index is 317. The first-order chi connectivity index (χ1) is 8.29. The van der Waals surface area contributed by atoms with Crippen LogP contribution in [0.25, 0.3) is 0 Å². The van der Waals surface area contributed by atoms with Gasteiger partial charge in [0.25, 0.3) is 0 Å². The minimum atomic E-state index is -1.04. The van der Waals surface area contributed by atoms with E-state index in [0.717, 1.165) is 0 Å². The Balaban J connectivity index is 4.10. The van der Waals surface area contributed by atoms with E-state index < -0.39 is 18.6 Å². The molecule has 1 atom stereocenters. The van der Waals surface area contributed by atoms with E-state index in [1.807, 2.05) is 0 Å². The average molecular weight is 259 g/mol. The molecule has 0 fully saturated rings. The molecule has 0 aromatic rings. The van der Waals surface area contributed by atoms with Crippen LogP contribution in [0.4, 0.5) is 0 Å². The van der Waals surface area contributed by atoms with Crippen molar-refractivity contribution in [3.05, 3.63) is 0 Å². The molecule has 0 radical (unpaired) electrons. The molecule has 18 heavy (non-hydrogen) atoms. The van der Waals surface area contributed by atoms with Gasteiger partial charge in [-0.2, -0.15) is 0 Å². The monoisotopic (exact) mass is 259 g/mol. The minimum Gasteiger partial charge on any atom is -0.394 e. The van der Waals surface area contributed by atoms with Gasteiger partial charge in [0.1, 0.15) is 6.04 Å². The number of nitrogens with one attached hydrogen (secondary N) is 1. The molecule has 4 N–H and O–H groups in total. The predicted molar refractivity (Wildman–Crippen MR) is 65.6 cm³/mol. The SMILES string of the molecule is CC(C)C(=O)CN(C)C(=O)CNC(=O)[C@@H](N)CO. The summed E-state index contributed by atoms with van der Waals surface area (Å²) in [7, 11) is 1.49. The Kier molecular flexibility index (Phi) is 7.14. The lowest BCUT2D eigenvalue weighted by Crippen LogP contribution is -2.47. The second kappa shape index (κ2) is 7.78. The highest BCUT2D eigenvalue weighted by atomic mass is 16.3. The summed E-state index contributed by atoms with van der Waals surface area (Å²) in [5.41, 5.74) is 5.26. The molecule has 2 amide bonds. The lowest BCUT2D eigenvalue weighted by molar-refractivity contribution is -0.135. The lowest BCUT2D eigenvalue weighted by Gasteiger charge is -2.18. The Hall–Kier alpha value is -1.47. The third-order valence-electron chi connectivity index (χ3n) is 2.41. The van der Waals surface area contributed by atoms with Crippen LogP contribution in [0.1, 0.15) is 13.8 Å². The van der Waals surface area contributed by atoms with Gasteiger partial charge in [-0.25, -0.2) is 0 Å². The quantitative estimate of drug-likeness (QED) is 0.494. The number of hydrogen-bond acceptors (Lipinski definition) is 5. The van der Waals surface area contributed by atoms with Gasteiger partial charge in [0.05, 0.1) is 19.7 Å². The van der Waals surface area contributed by atoms with Crippen LogP contribution in [0.2, 0.25) is 0 Å². The third kappa shape index (κ3) is 5.74. The van der Waals surface area contributed by atoms with Gasteiger partial charge in [-0.15, -0.1) is 0 Å². The molecule has 0 aliphatic carbocycles. The largest absolute Gasteiger partial charge is 0.394 e. The summed E-state index contributed by atoms with van der Waals surface area (Å²) < 4.78 is 0. The minimum absolute atomic E-state index is 0.0123. The fraction of sp³-hybridized carbons (Fsp3) is 0.727. The second-order valence-corrected chi connectivity index (χ2v) is 4.38. The highest BCUT2D eigenvalue weighted by molar-refractivity contribution is 5.90. The molecule has 0 unspecified atom stereocenters. The molecule has 0 spiro atoms. The van der Waals surface area contributed by atoms with E-state index in [4.69, 9.17) is 10.8 Å². The van der Waals surface area contributed by atoms with Crippen LogP contribution in [0.3, 0.4) is 0 Å². The number of likely N-dealkylation sites (N-methyl/N-ethyl adjacent to an activating group) is 1. The second-order valence-electron chi connectivity index (χ2n) is 4.38. The summed E-state index contributed by atoms with van der Waals surface area (Å²) in [5.74, 6) is -1.18. The molecule has 0 aromatic carbocycles. The number of aliphatic hydroxyl groups excluding tert-OH is 1. The van der Waals surface area contributed by atoms with Crippen molar-refractivity contribution in [1.82, 2.24) is 10.2 Å². The standard InChI is InChI=1S/C11H21N3O4/c1-7(2)9(16)5-14(3)10(17)4-13-11(18)8(12)6-15/h7-8,15H,4-6,12H2,1-3H3,(H,13,18)/t8-/m0/s1. The van der Waals surface area contributed by atoms with Crippen molar-refractivity contribution in [1.29, 1.82) is 0 Å². The van der Waals surface area contributed by atoms with Crippen molar-refractivity contribution >= 4 is 17.6 Å². The Morgan fingerprint density at radius 2 is 1.89 bits per heavy atom. The van der Waals surface area contributed by atoms with Crippen molar-refractivity contribution in [3.63, 3.8) is 0 Å². The van der Waals surface area contributed by atoms with Gasteiger partial charge >= 0.3 is 0 Å². The van der Waals surface area contributed by atoms with Gasteiger partial charge in [0, 0.05) is 13.0 Å². The topological polar surface area (TPSA) is 113 Å². The maximum atomic E-state index is 11.6. The normalized spacial score (nSPS) is 12.1. The molecule has 0 aliphatic heterocycles. The van der Waals surface area contributed by atoms with Crippen molar-refractivity contribution in [3.8, 4) is 0 Å². The molecular formula is C11H21N3O4. The van der Waals surface area contributed by atoms with E-state index in [-0.39, 0.29) is 30.7 Å². The first-order valence-corrected chi connectivity index (χ1v) is 5.70. The summed E-state index contributed by atoms with van der Waals surface area (Å²) in [6, 6.07) is -1.04. The first kappa shape index (κ1) is 16.5. The summed E-state index contributed by atoms with van der Waals surface area (Å²) in [6.45, 7) is 2.79. The molecule has 7 nitrogen and oxygen atoms in total. The van der Waals surface area contributed by atoms with Crippen molar-refractivity contribution in [2.75, 3.05) is 26.7 Å². The number of aliphatic hydroxyl groups is 1. The highest BCUT2D eigenvalue weighted by Crippen LogP contribution is 1.96. The molecule has 7 heteroatoms. The zero-order valence-electron chi connectivity index (χ0n) is 11.0. The number of carbonyl (C=O) groups is 3. The number of rotatable bonds is 7. The number of amides is 2. The highest BCUT2D eigenvalue weighted by Gasteiger charge is 2.17. The number of carbonyl (C=O) groups excluding carboxylic acids is 3. The zero-order chi connectivity index (χ0) is 14.3. The molecule has 0 aromatic heterocycles. The number of ketones is 1. The van der Waals surface area contributed by atoms with Crippen LogP contribution in [0, 0.1) is 5.92 Å². The number of nitrogens with two attached hydrogens (primary N) is 1. The van der Waals surface area contributed by atoms with Gasteiger partial charge in [-0.1, -0.05) is 13.8 Å². The molecule has 0 heterocycles. The van der Waals surface area contributed by atoms with Crippen molar-refractivity contribution in [2.45, 2.75) is 19.9 Å². The van der Waals surface area contributed by atoms with Crippen LogP contribution in [-0.4, -0.2) is 60.4 Å². The summed E-state index contributed by atoms with van der Waals surface area (Å²) in [5, 5.41) is 10.9. The lowest BCUT2D eigenvalue weighted by atomic mass is 10.1. The van der Waals surface area contributed by atoms with E-state index >= 15 is 0 Å². The van der Waals surface area contributed by atoms with Crippen LogP contribution in [0.15, 0.2) is 0 Å². The van der Waals surface area contributed by atoms with Gasteiger partial charge in [-0.3, -0.25) is 14.4 Å². The van der Waals surface area contributed by atoms with E-state index in [1.54, 1.807) is 13.8 Å². The van der Waals surface area contributed by atoms with Gasteiger partial charge in [0.2, 0.25) is 11.8 Å². The average Bonchev–Trinajstić information content (AvgIpc) is 2.33. The Morgan fingerprint density at radius 3 is 2.33 bits per heavy atom. The third-order valence-corrected chi connectivity index (χ3v) is 2.41. The predicted octanol–water partition coefficient (Wildman–Crippen LogP) is -1.89. The van der Waals surface area contributed by atoms with Crippen LogP contribution in [-0.2, 0) is 14.4 Å². The van der Waals surface area contributed by atoms with Crippen LogP contribution < -0.4 is 11.1 Å². The molecule has 0 rings (SSSR count). The Labute approximate surface area is 106 Å². The number of Topliss-reactive ketones (excluding diaryl/α,β-unsaturated/α-hetero) is 1. The van der Waals surface area contributed by atoms with Crippen LogP contribution >= 0.6 is 0 Å². The van der Waals surface area contributed by atoms with Gasteiger partial charge in [0.15, 0.2) is 5.78 Å². The molecule has 0 bridgehead atoms. The van der Waals surface area contributed by atoms with Gasteiger partial charge < -0.3 is 21.1 Å². The summed E-state index contributed by atoms with van der Waals surface area (Å²) >= 11 is 0.